The van der Waals surface area contributed by atoms with E-state index in [0.29, 0.717) is 11.1 Å². The minimum Gasteiger partial charge on any atom is -0.515 e. The Morgan fingerprint density at radius 3 is 1.33 bits per heavy atom. The Labute approximate surface area is 190 Å². The zero-order valence-corrected chi connectivity index (χ0v) is 22.3. The topological polar surface area (TPSA) is 26.3 Å². The van der Waals surface area contributed by atoms with Gasteiger partial charge < -0.3 is 4.43 Å². The molecule has 3 heteroatoms. The predicted octanol–water partition coefficient (Wildman–Crippen LogP) is 9.74. The van der Waals surface area contributed by atoms with Gasteiger partial charge in [-0.25, -0.2) is 4.79 Å². The van der Waals surface area contributed by atoms with E-state index in [2.05, 4.69) is 41.2 Å². The second kappa shape index (κ2) is 19.1. The van der Waals surface area contributed by atoms with E-state index in [1.807, 2.05) is 0 Å². The van der Waals surface area contributed by atoms with Crippen LogP contribution in [0.25, 0.3) is 0 Å². The van der Waals surface area contributed by atoms with Crippen molar-refractivity contribution >= 4 is 14.3 Å². The molecule has 178 valence electrons. The highest BCUT2D eigenvalue weighted by Gasteiger charge is 2.44. The summed E-state index contributed by atoms with van der Waals surface area (Å²) in [5.74, 6) is -0.222. The number of carbonyl (C=O) groups is 1. The molecule has 0 unspecified atom stereocenters. The Hall–Kier alpha value is -0.573. The summed E-state index contributed by atoms with van der Waals surface area (Å²) >= 11 is 0. The van der Waals surface area contributed by atoms with Gasteiger partial charge in [0.15, 0.2) is 0 Å². The van der Waals surface area contributed by atoms with Gasteiger partial charge in [0.05, 0.1) is 0 Å². The molecule has 0 aliphatic rings. The number of rotatable bonds is 21. The third kappa shape index (κ3) is 13.7. The summed E-state index contributed by atoms with van der Waals surface area (Å²) in [6.07, 6.45) is 23.6. The van der Waals surface area contributed by atoms with Crippen molar-refractivity contribution in [3.8, 4) is 0 Å². The number of carbonyl (C=O) groups excluding carboxylic acids is 1. The number of hydrogen-bond donors (Lipinski definition) is 0. The average molecular weight is 439 g/mol. The van der Waals surface area contributed by atoms with E-state index in [1.165, 1.54) is 109 Å². The first kappa shape index (κ1) is 29.4. The molecule has 0 N–H and O–H groups in total. The Kier molecular flexibility index (Phi) is 18.8. The van der Waals surface area contributed by atoms with Gasteiger partial charge in [0.2, 0.25) is 0 Å². The maximum Gasteiger partial charge on any atom is 0.316 e. The summed E-state index contributed by atoms with van der Waals surface area (Å²) in [5, 5.41) is 0. The maximum absolute atomic E-state index is 11.9. The van der Waals surface area contributed by atoms with Gasteiger partial charge in [-0.2, -0.15) is 0 Å². The van der Waals surface area contributed by atoms with Gasteiger partial charge >= 0.3 is 5.97 Å². The first-order valence-electron chi connectivity index (χ1n) is 13.3. The lowest BCUT2D eigenvalue weighted by Crippen LogP contribution is -2.46. The van der Waals surface area contributed by atoms with Crippen LogP contribution in [-0.2, 0) is 9.22 Å². The molecule has 0 atom stereocenters. The van der Waals surface area contributed by atoms with Gasteiger partial charge in [-0.05, 0) is 17.1 Å². The molecule has 0 saturated carbocycles. The summed E-state index contributed by atoms with van der Waals surface area (Å²) in [6.45, 7) is 14.8. The van der Waals surface area contributed by atoms with Crippen LogP contribution in [0.5, 0.6) is 0 Å². The first-order chi connectivity index (χ1) is 14.4. The summed E-state index contributed by atoms with van der Waals surface area (Å²) in [7, 11) is -2.06. The van der Waals surface area contributed by atoms with E-state index in [-0.39, 0.29) is 5.97 Å². The Morgan fingerprint density at radius 1 is 0.700 bits per heavy atom. The zero-order valence-electron chi connectivity index (χ0n) is 21.3. The van der Waals surface area contributed by atoms with Crippen molar-refractivity contribution in [2.45, 2.75) is 154 Å². The fourth-order valence-corrected chi connectivity index (χ4v) is 9.03. The predicted molar refractivity (Wildman–Crippen MR) is 137 cm³/mol. The molecule has 0 aromatic carbocycles. The van der Waals surface area contributed by atoms with Crippen LogP contribution in [0, 0.1) is 0 Å². The summed E-state index contributed by atoms with van der Waals surface area (Å²) in [5.41, 5.74) is 0.912. The van der Waals surface area contributed by atoms with E-state index in [9.17, 15) is 4.79 Å². The highest BCUT2D eigenvalue weighted by Crippen LogP contribution is 2.38. The summed E-state index contributed by atoms with van der Waals surface area (Å²) < 4.78 is 6.02. The SMILES string of the molecule is C=CC(=O)O[Si](CCCCCCCCCCCCCCCCCC)(C(C)C)C(C)C. The van der Waals surface area contributed by atoms with Crippen molar-refractivity contribution in [2.75, 3.05) is 0 Å². The second-order valence-electron chi connectivity index (χ2n) is 9.94. The molecule has 30 heavy (non-hydrogen) atoms. The largest absolute Gasteiger partial charge is 0.515 e. The van der Waals surface area contributed by atoms with Crippen LogP contribution in [0.15, 0.2) is 12.7 Å². The van der Waals surface area contributed by atoms with Gasteiger partial charge in [0, 0.05) is 6.08 Å². The highest BCUT2D eigenvalue weighted by molar-refractivity contribution is 6.77. The third-order valence-corrected chi connectivity index (χ3v) is 12.5. The number of unbranched alkanes of at least 4 members (excludes halogenated alkanes) is 15. The van der Waals surface area contributed by atoms with Crippen LogP contribution in [0.3, 0.4) is 0 Å². The van der Waals surface area contributed by atoms with Crippen molar-refractivity contribution in [1.82, 2.24) is 0 Å². The Morgan fingerprint density at radius 2 is 1.03 bits per heavy atom. The van der Waals surface area contributed by atoms with Gasteiger partial charge in [-0.15, -0.1) is 0 Å². The monoisotopic (exact) mass is 438 g/mol. The molecule has 0 aromatic heterocycles. The summed E-state index contributed by atoms with van der Waals surface area (Å²) in [4.78, 5) is 11.9. The minimum atomic E-state index is -2.06. The lowest BCUT2D eigenvalue weighted by atomic mass is 10.0. The van der Waals surface area contributed by atoms with Crippen molar-refractivity contribution in [2.24, 2.45) is 0 Å². The van der Waals surface area contributed by atoms with Crippen LogP contribution in [-0.4, -0.2) is 14.3 Å². The van der Waals surface area contributed by atoms with Crippen LogP contribution >= 0.6 is 0 Å². The van der Waals surface area contributed by atoms with Gasteiger partial charge in [-0.1, -0.05) is 144 Å². The maximum atomic E-state index is 11.9. The molecule has 2 nitrogen and oxygen atoms in total. The highest BCUT2D eigenvalue weighted by atomic mass is 28.4. The molecular weight excluding hydrogens is 384 g/mol. The zero-order chi connectivity index (χ0) is 22.7. The van der Waals surface area contributed by atoms with Gasteiger partial charge in [0.1, 0.15) is 0 Å². The fourth-order valence-electron chi connectivity index (χ4n) is 4.71. The van der Waals surface area contributed by atoms with Crippen molar-refractivity contribution in [3.63, 3.8) is 0 Å². The lowest BCUT2D eigenvalue weighted by molar-refractivity contribution is -0.130. The molecule has 0 aliphatic carbocycles. The van der Waals surface area contributed by atoms with E-state index < -0.39 is 8.32 Å². The van der Waals surface area contributed by atoms with Crippen LogP contribution < -0.4 is 0 Å². The van der Waals surface area contributed by atoms with E-state index in [4.69, 9.17) is 4.43 Å². The molecule has 0 saturated heterocycles. The average Bonchev–Trinajstić information content (AvgIpc) is 2.71. The third-order valence-electron chi connectivity index (χ3n) is 6.83. The molecule has 0 spiro atoms. The fraction of sp³-hybridized carbons (Fsp3) is 0.889. The Bertz CT molecular complexity index is 409. The molecule has 0 heterocycles. The van der Waals surface area contributed by atoms with Crippen molar-refractivity contribution in [3.05, 3.63) is 12.7 Å². The van der Waals surface area contributed by atoms with Crippen LogP contribution in [0.4, 0.5) is 0 Å². The quantitative estimate of drug-likeness (QED) is 0.101. The number of hydrogen-bond acceptors (Lipinski definition) is 2. The first-order valence-corrected chi connectivity index (χ1v) is 15.5. The van der Waals surface area contributed by atoms with E-state index in [0.717, 1.165) is 6.04 Å². The second-order valence-corrected chi connectivity index (χ2v) is 14.9. The molecule has 0 amide bonds. The van der Waals surface area contributed by atoms with Crippen LogP contribution in [0.1, 0.15) is 137 Å². The molecule has 0 rings (SSSR count). The van der Waals surface area contributed by atoms with Crippen molar-refractivity contribution < 1.29 is 9.22 Å². The normalized spacial score (nSPS) is 12.0. The minimum absolute atomic E-state index is 0.222. The molecule has 0 fully saturated rings. The molecule has 0 radical (unpaired) electrons. The molecular formula is C27H54O2Si. The molecule has 0 bridgehead atoms. The molecule has 0 aromatic rings. The van der Waals surface area contributed by atoms with Crippen molar-refractivity contribution in [1.29, 1.82) is 0 Å². The smallest absolute Gasteiger partial charge is 0.316 e. The van der Waals surface area contributed by atoms with Gasteiger partial charge in [0.25, 0.3) is 8.32 Å². The Balaban J connectivity index is 3.73. The van der Waals surface area contributed by atoms with Gasteiger partial charge in [-0.3, -0.25) is 0 Å². The standard InChI is InChI=1S/C27H54O2Si/c1-7-9-10-11-12-13-14-15-16-17-18-19-20-21-22-23-24-30(25(3)4,26(5)6)29-27(28)8-2/h8,25-26H,2,7,9-24H2,1,3-6H3. The lowest BCUT2D eigenvalue weighted by Gasteiger charge is -2.37. The van der Waals surface area contributed by atoms with Crippen LogP contribution in [0.2, 0.25) is 17.1 Å². The van der Waals surface area contributed by atoms with E-state index >= 15 is 0 Å². The molecule has 0 aliphatic heterocycles. The van der Waals surface area contributed by atoms with E-state index in [1.54, 1.807) is 0 Å². The summed E-state index contributed by atoms with van der Waals surface area (Å²) in [6, 6.07) is 1.10.